The third kappa shape index (κ3) is 1.38. The number of nitrogens with zero attached hydrogens (tertiary/aromatic N) is 3. The molecule has 1 heterocycles. The number of halogens is 1. The summed E-state index contributed by atoms with van der Waals surface area (Å²) in [6.45, 7) is 4.23. The molecule has 0 bridgehead atoms. The minimum Gasteiger partial charge on any atom is -0.248 e. The molecular formula is C10H12ClN3. The van der Waals surface area contributed by atoms with Crippen LogP contribution in [0.1, 0.15) is 25.3 Å². The average Bonchev–Trinajstić information content (AvgIpc) is 2.46. The number of aromatic nitrogens is 3. The first-order valence-corrected chi connectivity index (χ1v) is 4.96. The second-order valence-corrected chi connectivity index (χ2v) is 4.14. The third-order valence-electron chi connectivity index (χ3n) is 2.35. The van der Waals surface area contributed by atoms with E-state index in [2.05, 4.69) is 24.2 Å². The maximum Gasteiger partial charge on any atom is 0.113 e. The fraction of sp³-hybridized carbons (Fsp3) is 0.400. The Bertz CT molecular complexity index is 473. The third-order valence-corrected chi connectivity index (χ3v) is 2.68. The molecule has 3 nitrogen and oxygen atoms in total. The van der Waals surface area contributed by atoms with Gasteiger partial charge >= 0.3 is 0 Å². The molecule has 0 radical (unpaired) electrons. The van der Waals surface area contributed by atoms with Crippen LogP contribution in [0.4, 0.5) is 0 Å². The van der Waals surface area contributed by atoms with Crippen LogP contribution in [0.5, 0.6) is 0 Å². The highest BCUT2D eigenvalue weighted by Crippen LogP contribution is 2.27. The lowest BCUT2D eigenvalue weighted by Gasteiger charge is -2.07. The van der Waals surface area contributed by atoms with E-state index in [1.807, 2.05) is 19.2 Å². The van der Waals surface area contributed by atoms with Gasteiger partial charge in [-0.3, -0.25) is 0 Å². The molecule has 14 heavy (non-hydrogen) atoms. The van der Waals surface area contributed by atoms with Crippen molar-refractivity contribution in [1.29, 1.82) is 0 Å². The van der Waals surface area contributed by atoms with Crippen molar-refractivity contribution in [1.82, 2.24) is 15.0 Å². The Morgan fingerprint density at radius 3 is 2.71 bits per heavy atom. The Kier molecular flexibility index (Phi) is 2.19. The van der Waals surface area contributed by atoms with Gasteiger partial charge in [0.25, 0.3) is 0 Å². The normalized spacial score (nSPS) is 11.5. The molecule has 0 aliphatic carbocycles. The summed E-state index contributed by atoms with van der Waals surface area (Å²) in [7, 11) is 1.86. The molecule has 4 heteroatoms. The molecule has 0 amide bonds. The standard InChI is InChI=1S/C10H12ClN3/c1-6(2)7-4-9-10(5-8(7)11)14(3)13-12-9/h4-6H,1-3H3. The molecular weight excluding hydrogens is 198 g/mol. The highest BCUT2D eigenvalue weighted by atomic mass is 35.5. The van der Waals surface area contributed by atoms with Gasteiger partial charge in [0.05, 0.1) is 5.52 Å². The van der Waals surface area contributed by atoms with Gasteiger partial charge in [0.15, 0.2) is 0 Å². The van der Waals surface area contributed by atoms with Crippen LogP contribution in [-0.2, 0) is 7.05 Å². The van der Waals surface area contributed by atoms with Crippen molar-refractivity contribution in [2.45, 2.75) is 19.8 Å². The Morgan fingerprint density at radius 2 is 2.07 bits per heavy atom. The van der Waals surface area contributed by atoms with E-state index >= 15 is 0 Å². The average molecular weight is 210 g/mol. The van der Waals surface area contributed by atoms with E-state index in [1.54, 1.807) is 4.68 Å². The van der Waals surface area contributed by atoms with Crippen molar-refractivity contribution in [2.75, 3.05) is 0 Å². The molecule has 74 valence electrons. The molecule has 0 aliphatic rings. The van der Waals surface area contributed by atoms with E-state index in [9.17, 15) is 0 Å². The van der Waals surface area contributed by atoms with Crippen LogP contribution in [0.25, 0.3) is 11.0 Å². The van der Waals surface area contributed by atoms with Gasteiger partial charge in [-0.2, -0.15) is 0 Å². The molecule has 0 atom stereocenters. The number of fused-ring (bicyclic) bond motifs is 1. The number of rotatable bonds is 1. The van der Waals surface area contributed by atoms with Gasteiger partial charge in [-0.1, -0.05) is 30.7 Å². The van der Waals surface area contributed by atoms with Crippen LogP contribution < -0.4 is 0 Å². The summed E-state index contributed by atoms with van der Waals surface area (Å²) in [4.78, 5) is 0. The largest absolute Gasteiger partial charge is 0.248 e. The summed E-state index contributed by atoms with van der Waals surface area (Å²) in [6, 6.07) is 3.93. The molecule has 0 spiro atoms. The predicted molar refractivity (Wildman–Crippen MR) is 57.6 cm³/mol. The zero-order valence-electron chi connectivity index (χ0n) is 8.45. The van der Waals surface area contributed by atoms with Crippen LogP contribution in [-0.4, -0.2) is 15.0 Å². The smallest absolute Gasteiger partial charge is 0.113 e. The molecule has 0 unspecified atom stereocenters. The molecule has 0 aliphatic heterocycles. The molecule has 2 rings (SSSR count). The number of aryl methyl sites for hydroxylation is 1. The quantitative estimate of drug-likeness (QED) is 0.723. The van der Waals surface area contributed by atoms with Gasteiger partial charge in [0.1, 0.15) is 5.52 Å². The number of hydrogen-bond acceptors (Lipinski definition) is 2. The highest BCUT2D eigenvalue weighted by Gasteiger charge is 2.09. The van der Waals surface area contributed by atoms with Crippen LogP contribution >= 0.6 is 11.6 Å². The van der Waals surface area contributed by atoms with Gasteiger partial charge in [-0.25, -0.2) is 4.68 Å². The molecule has 1 aromatic heterocycles. The topological polar surface area (TPSA) is 30.7 Å². The van der Waals surface area contributed by atoms with Crippen LogP contribution in [0.2, 0.25) is 5.02 Å². The maximum atomic E-state index is 6.16. The molecule has 0 N–H and O–H groups in total. The maximum absolute atomic E-state index is 6.16. The van der Waals surface area contributed by atoms with Crippen molar-refractivity contribution in [2.24, 2.45) is 7.05 Å². The zero-order chi connectivity index (χ0) is 10.3. The fourth-order valence-corrected chi connectivity index (χ4v) is 1.89. The molecule has 0 saturated carbocycles. The lowest BCUT2D eigenvalue weighted by Crippen LogP contribution is -1.91. The van der Waals surface area contributed by atoms with E-state index in [0.29, 0.717) is 5.92 Å². The number of benzene rings is 1. The predicted octanol–water partition coefficient (Wildman–Crippen LogP) is 2.75. The molecule has 1 aromatic carbocycles. The summed E-state index contributed by atoms with van der Waals surface area (Å²) < 4.78 is 1.73. The number of hydrogen-bond donors (Lipinski definition) is 0. The Labute approximate surface area is 87.7 Å². The van der Waals surface area contributed by atoms with Gasteiger partial charge in [-0.15, -0.1) is 5.10 Å². The first-order valence-electron chi connectivity index (χ1n) is 4.58. The SMILES string of the molecule is CC(C)c1cc2nnn(C)c2cc1Cl. The van der Waals surface area contributed by atoms with Crippen LogP contribution in [0.15, 0.2) is 12.1 Å². The van der Waals surface area contributed by atoms with Gasteiger partial charge < -0.3 is 0 Å². The van der Waals surface area contributed by atoms with Gasteiger partial charge in [0.2, 0.25) is 0 Å². The Hall–Kier alpha value is -1.09. The van der Waals surface area contributed by atoms with Crippen LogP contribution in [0, 0.1) is 0 Å². The Morgan fingerprint density at radius 1 is 1.36 bits per heavy atom. The van der Waals surface area contributed by atoms with E-state index in [0.717, 1.165) is 21.6 Å². The lowest BCUT2D eigenvalue weighted by molar-refractivity contribution is 0.736. The van der Waals surface area contributed by atoms with Crippen molar-refractivity contribution in [3.05, 3.63) is 22.7 Å². The minimum atomic E-state index is 0.411. The summed E-state index contributed by atoms with van der Waals surface area (Å²) in [5.74, 6) is 0.411. The van der Waals surface area contributed by atoms with E-state index < -0.39 is 0 Å². The van der Waals surface area contributed by atoms with Crippen molar-refractivity contribution in [3.63, 3.8) is 0 Å². The summed E-state index contributed by atoms with van der Waals surface area (Å²) in [5.41, 5.74) is 3.00. The minimum absolute atomic E-state index is 0.411. The van der Waals surface area contributed by atoms with Crippen molar-refractivity contribution < 1.29 is 0 Å². The van der Waals surface area contributed by atoms with E-state index in [4.69, 9.17) is 11.6 Å². The monoisotopic (exact) mass is 209 g/mol. The second-order valence-electron chi connectivity index (χ2n) is 3.73. The first kappa shape index (κ1) is 9.46. The summed E-state index contributed by atoms with van der Waals surface area (Å²) >= 11 is 6.16. The fourth-order valence-electron chi connectivity index (χ4n) is 1.51. The molecule has 0 fully saturated rings. The van der Waals surface area contributed by atoms with Crippen LogP contribution in [0.3, 0.4) is 0 Å². The van der Waals surface area contributed by atoms with Gasteiger partial charge in [-0.05, 0) is 23.6 Å². The van der Waals surface area contributed by atoms with Crippen molar-refractivity contribution >= 4 is 22.6 Å². The highest BCUT2D eigenvalue weighted by molar-refractivity contribution is 6.32. The van der Waals surface area contributed by atoms with Crippen molar-refractivity contribution in [3.8, 4) is 0 Å². The summed E-state index contributed by atoms with van der Waals surface area (Å²) in [5, 5.41) is 8.79. The second kappa shape index (κ2) is 3.24. The lowest BCUT2D eigenvalue weighted by atomic mass is 10.0. The molecule has 0 saturated heterocycles. The summed E-state index contributed by atoms with van der Waals surface area (Å²) in [6.07, 6.45) is 0. The van der Waals surface area contributed by atoms with E-state index in [-0.39, 0.29) is 0 Å². The Balaban J connectivity index is 2.72. The van der Waals surface area contributed by atoms with E-state index in [1.165, 1.54) is 0 Å². The zero-order valence-corrected chi connectivity index (χ0v) is 9.21. The first-order chi connectivity index (χ1) is 6.59. The van der Waals surface area contributed by atoms with Gasteiger partial charge in [0, 0.05) is 12.1 Å². The molecule has 2 aromatic rings.